The molecular formula is C11H13NO2. The minimum atomic E-state index is 0.0404. The maximum atomic E-state index is 11.9. The molecule has 1 aromatic heterocycles. The first-order valence-electron chi connectivity index (χ1n) is 4.81. The summed E-state index contributed by atoms with van der Waals surface area (Å²) in [4.78, 5) is 15.9. The lowest BCUT2D eigenvalue weighted by Gasteiger charge is -2.06. The predicted molar refractivity (Wildman–Crippen MR) is 52.2 cm³/mol. The Bertz CT molecular complexity index is 343. The summed E-state index contributed by atoms with van der Waals surface area (Å²) in [5.74, 6) is 0.206. The summed E-state index contributed by atoms with van der Waals surface area (Å²) in [5.41, 5.74) is 1.73. The maximum Gasteiger partial charge on any atom is 0.169 e. The number of ether oxygens (including phenoxy) is 1. The molecular weight excluding hydrogens is 178 g/mol. The smallest absolute Gasteiger partial charge is 0.169 e. The number of carbonyl (C=O) groups is 1. The van der Waals surface area contributed by atoms with E-state index in [0.717, 1.165) is 12.0 Å². The average Bonchev–Trinajstić information content (AvgIpc) is 2.69. The van der Waals surface area contributed by atoms with Gasteiger partial charge in [0.1, 0.15) is 0 Å². The lowest BCUT2D eigenvalue weighted by molar-refractivity contribution is 0.0900. The van der Waals surface area contributed by atoms with E-state index >= 15 is 0 Å². The van der Waals surface area contributed by atoms with Crippen molar-refractivity contribution in [3.63, 3.8) is 0 Å². The molecule has 0 spiro atoms. The summed E-state index contributed by atoms with van der Waals surface area (Å²) in [7, 11) is 0. The van der Waals surface area contributed by atoms with Crippen LogP contribution < -0.4 is 0 Å². The number of hydrogen-bond donors (Lipinski definition) is 0. The second-order valence-electron chi connectivity index (χ2n) is 3.68. The fraction of sp³-hybridized carbons (Fsp3) is 0.455. The lowest BCUT2D eigenvalue weighted by atomic mass is 9.98. The quantitative estimate of drug-likeness (QED) is 0.667. The first kappa shape index (κ1) is 9.34. The van der Waals surface area contributed by atoms with E-state index in [9.17, 15) is 4.79 Å². The number of Topliss-reactive ketones (excluding diaryl/α,β-unsaturated/α-hetero) is 1. The third kappa shape index (κ3) is 1.82. The summed E-state index contributed by atoms with van der Waals surface area (Å²) >= 11 is 0. The molecule has 74 valence electrons. The van der Waals surface area contributed by atoms with Crippen molar-refractivity contribution in [1.82, 2.24) is 4.98 Å². The monoisotopic (exact) mass is 191 g/mol. The zero-order valence-corrected chi connectivity index (χ0v) is 8.19. The van der Waals surface area contributed by atoms with Gasteiger partial charge in [-0.3, -0.25) is 9.78 Å². The highest BCUT2D eigenvalue weighted by Gasteiger charge is 2.24. The molecule has 3 heteroatoms. The third-order valence-corrected chi connectivity index (χ3v) is 2.46. The molecule has 0 bridgehead atoms. The van der Waals surface area contributed by atoms with E-state index in [2.05, 4.69) is 4.98 Å². The normalized spacial score (nSPS) is 21.1. The molecule has 14 heavy (non-hydrogen) atoms. The molecule has 2 rings (SSSR count). The largest absolute Gasteiger partial charge is 0.381 e. The van der Waals surface area contributed by atoms with Gasteiger partial charge in [0.2, 0.25) is 0 Å². The highest BCUT2D eigenvalue weighted by atomic mass is 16.5. The van der Waals surface area contributed by atoms with Gasteiger partial charge in [0.15, 0.2) is 5.78 Å². The second kappa shape index (κ2) is 3.88. The topological polar surface area (TPSA) is 39.2 Å². The van der Waals surface area contributed by atoms with Crippen LogP contribution in [0.4, 0.5) is 0 Å². The molecule has 0 radical (unpaired) electrons. The number of rotatable bonds is 2. The lowest BCUT2D eigenvalue weighted by Crippen LogP contribution is -2.14. The molecule has 1 unspecified atom stereocenters. The van der Waals surface area contributed by atoms with Crippen LogP contribution in [0.5, 0.6) is 0 Å². The predicted octanol–water partition coefficient (Wildman–Crippen LogP) is 1.61. The van der Waals surface area contributed by atoms with E-state index in [1.807, 2.05) is 13.0 Å². The molecule has 0 N–H and O–H groups in total. The number of aryl methyl sites for hydroxylation is 1. The highest BCUT2D eigenvalue weighted by Crippen LogP contribution is 2.18. The zero-order chi connectivity index (χ0) is 9.97. The van der Waals surface area contributed by atoms with Gasteiger partial charge >= 0.3 is 0 Å². The average molecular weight is 191 g/mol. The van der Waals surface area contributed by atoms with Crippen LogP contribution in [0.25, 0.3) is 0 Å². The van der Waals surface area contributed by atoms with E-state index in [4.69, 9.17) is 4.74 Å². The van der Waals surface area contributed by atoms with Crippen molar-refractivity contribution < 1.29 is 9.53 Å². The Labute approximate surface area is 83.1 Å². The number of pyridine rings is 1. The van der Waals surface area contributed by atoms with Crippen LogP contribution in [-0.2, 0) is 4.74 Å². The summed E-state index contributed by atoms with van der Waals surface area (Å²) in [5, 5.41) is 0. The van der Waals surface area contributed by atoms with Crippen molar-refractivity contribution in [2.24, 2.45) is 5.92 Å². The minimum Gasteiger partial charge on any atom is -0.381 e. The van der Waals surface area contributed by atoms with Gasteiger partial charge < -0.3 is 4.74 Å². The molecule has 1 fully saturated rings. The minimum absolute atomic E-state index is 0.0404. The van der Waals surface area contributed by atoms with Crippen LogP contribution in [0.2, 0.25) is 0 Å². The molecule has 0 amide bonds. The summed E-state index contributed by atoms with van der Waals surface area (Å²) in [6.45, 7) is 3.21. The Morgan fingerprint density at radius 1 is 1.57 bits per heavy atom. The Hall–Kier alpha value is -1.22. The maximum absolute atomic E-state index is 11.9. The van der Waals surface area contributed by atoms with Crippen molar-refractivity contribution in [2.75, 3.05) is 13.2 Å². The SMILES string of the molecule is Cc1cncc(C(=O)C2CCOC2)c1. The molecule has 0 aliphatic carbocycles. The number of nitrogens with zero attached hydrogens (tertiary/aromatic N) is 1. The van der Waals surface area contributed by atoms with E-state index in [1.54, 1.807) is 12.4 Å². The molecule has 1 aliphatic heterocycles. The van der Waals surface area contributed by atoms with Gasteiger partial charge in [0.25, 0.3) is 0 Å². The van der Waals surface area contributed by atoms with Crippen molar-refractivity contribution in [1.29, 1.82) is 0 Å². The molecule has 1 saturated heterocycles. The van der Waals surface area contributed by atoms with Crippen LogP contribution in [0.1, 0.15) is 22.3 Å². The van der Waals surface area contributed by atoms with Gasteiger partial charge in [0.05, 0.1) is 6.61 Å². The van der Waals surface area contributed by atoms with Crippen LogP contribution >= 0.6 is 0 Å². The van der Waals surface area contributed by atoms with Gasteiger partial charge in [-0.05, 0) is 25.0 Å². The number of hydrogen-bond acceptors (Lipinski definition) is 3. The first-order valence-corrected chi connectivity index (χ1v) is 4.81. The van der Waals surface area contributed by atoms with Crippen LogP contribution in [0.15, 0.2) is 18.5 Å². The molecule has 0 aromatic carbocycles. The van der Waals surface area contributed by atoms with Crippen LogP contribution in [-0.4, -0.2) is 24.0 Å². The highest BCUT2D eigenvalue weighted by molar-refractivity contribution is 5.97. The molecule has 3 nitrogen and oxygen atoms in total. The van der Waals surface area contributed by atoms with E-state index < -0.39 is 0 Å². The van der Waals surface area contributed by atoms with Crippen molar-refractivity contribution in [2.45, 2.75) is 13.3 Å². The number of ketones is 1. The van der Waals surface area contributed by atoms with E-state index in [-0.39, 0.29) is 11.7 Å². The Morgan fingerprint density at radius 2 is 2.43 bits per heavy atom. The van der Waals surface area contributed by atoms with E-state index in [1.165, 1.54) is 0 Å². The van der Waals surface area contributed by atoms with Gasteiger partial charge in [-0.25, -0.2) is 0 Å². The standard InChI is InChI=1S/C11H13NO2/c1-8-4-10(6-12-5-8)11(13)9-2-3-14-7-9/h4-6,9H,2-3,7H2,1H3. The van der Waals surface area contributed by atoms with Crippen molar-refractivity contribution in [3.8, 4) is 0 Å². The Kier molecular flexibility index (Phi) is 2.59. The van der Waals surface area contributed by atoms with Gasteiger partial charge in [0, 0.05) is 30.5 Å². The summed E-state index contributed by atoms with van der Waals surface area (Å²) < 4.78 is 5.19. The van der Waals surface area contributed by atoms with Crippen LogP contribution in [0, 0.1) is 12.8 Å². The van der Waals surface area contributed by atoms with E-state index in [0.29, 0.717) is 18.8 Å². The van der Waals surface area contributed by atoms with Gasteiger partial charge in [-0.1, -0.05) is 0 Å². The Balaban J connectivity index is 2.17. The molecule has 1 atom stereocenters. The first-order chi connectivity index (χ1) is 6.77. The van der Waals surface area contributed by atoms with Gasteiger partial charge in [-0.15, -0.1) is 0 Å². The summed E-state index contributed by atoms with van der Waals surface area (Å²) in [6.07, 6.45) is 4.22. The number of aromatic nitrogens is 1. The Morgan fingerprint density at radius 3 is 3.07 bits per heavy atom. The second-order valence-corrected chi connectivity index (χ2v) is 3.68. The summed E-state index contributed by atoms with van der Waals surface area (Å²) in [6, 6.07) is 1.88. The molecule has 1 aliphatic rings. The molecule has 0 saturated carbocycles. The van der Waals surface area contributed by atoms with Crippen molar-refractivity contribution in [3.05, 3.63) is 29.6 Å². The zero-order valence-electron chi connectivity index (χ0n) is 8.19. The van der Waals surface area contributed by atoms with Crippen LogP contribution in [0.3, 0.4) is 0 Å². The van der Waals surface area contributed by atoms with Gasteiger partial charge in [-0.2, -0.15) is 0 Å². The van der Waals surface area contributed by atoms with Crippen molar-refractivity contribution >= 4 is 5.78 Å². The third-order valence-electron chi connectivity index (χ3n) is 2.46. The fourth-order valence-corrected chi connectivity index (χ4v) is 1.67. The number of carbonyl (C=O) groups excluding carboxylic acids is 1. The molecule has 1 aromatic rings. The molecule has 2 heterocycles. The fourth-order valence-electron chi connectivity index (χ4n) is 1.67.